The van der Waals surface area contributed by atoms with Crippen LogP contribution < -0.4 is 5.32 Å². The highest BCUT2D eigenvalue weighted by atomic mass is 32.2. The van der Waals surface area contributed by atoms with Crippen molar-refractivity contribution in [1.82, 2.24) is 15.1 Å². The lowest BCUT2D eigenvalue weighted by molar-refractivity contribution is -0.135. The number of amides is 1. The second kappa shape index (κ2) is 7.18. The zero-order valence-electron chi connectivity index (χ0n) is 13.9. The number of aromatic nitrogens is 2. The minimum absolute atomic E-state index is 0.101. The molecule has 1 aliphatic heterocycles. The van der Waals surface area contributed by atoms with E-state index in [0.29, 0.717) is 36.6 Å². The van der Waals surface area contributed by atoms with Gasteiger partial charge in [-0.25, -0.2) is 8.42 Å². The number of nitrogens with zero attached hydrogens (tertiary/aromatic N) is 3. The number of carbonyl (C=O) groups excluding carboxylic acids is 1. The van der Waals surface area contributed by atoms with Crippen molar-refractivity contribution in [2.75, 3.05) is 24.7 Å². The fraction of sp³-hybridized carbons (Fsp3) is 0.353. The smallest absolute Gasteiger partial charge is 0.223 e. The quantitative estimate of drug-likeness (QED) is 0.830. The van der Waals surface area contributed by atoms with Crippen LogP contribution in [0.4, 0.5) is 5.82 Å². The fourth-order valence-corrected chi connectivity index (χ4v) is 3.30. The Morgan fingerprint density at radius 1 is 1.24 bits per heavy atom. The van der Waals surface area contributed by atoms with E-state index in [0.717, 1.165) is 5.56 Å². The summed E-state index contributed by atoms with van der Waals surface area (Å²) in [5.74, 6) is 0.815. The predicted molar refractivity (Wildman–Crippen MR) is 93.9 cm³/mol. The Labute approximate surface area is 147 Å². The Morgan fingerprint density at radius 2 is 1.96 bits per heavy atom. The minimum atomic E-state index is -3.18. The molecule has 1 N–H and O–H groups in total. The van der Waals surface area contributed by atoms with Gasteiger partial charge in [-0.1, -0.05) is 12.1 Å². The van der Waals surface area contributed by atoms with E-state index in [2.05, 4.69) is 15.5 Å². The van der Waals surface area contributed by atoms with Gasteiger partial charge in [0.05, 0.1) is 10.9 Å². The first-order chi connectivity index (χ1) is 11.9. The van der Waals surface area contributed by atoms with Crippen molar-refractivity contribution in [2.45, 2.75) is 23.8 Å². The van der Waals surface area contributed by atoms with Gasteiger partial charge in [-0.15, -0.1) is 5.10 Å². The molecule has 0 saturated carbocycles. The molecule has 0 radical (unpaired) electrons. The molecule has 7 nitrogen and oxygen atoms in total. The van der Waals surface area contributed by atoms with Crippen molar-refractivity contribution in [3.05, 3.63) is 48.2 Å². The van der Waals surface area contributed by atoms with Gasteiger partial charge in [0.1, 0.15) is 5.82 Å². The molecule has 1 aromatic carbocycles. The highest BCUT2D eigenvalue weighted by molar-refractivity contribution is 7.90. The molecular formula is C17H20N4O3S. The molecule has 132 valence electrons. The Balaban J connectivity index is 1.43. The molecular weight excluding hydrogens is 340 g/mol. The molecule has 0 unspecified atom stereocenters. The molecule has 1 fully saturated rings. The third kappa shape index (κ3) is 4.54. The van der Waals surface area contributed by atoms with E-state index in [1.54, 1.807) is 35.4 Å². The second-order valence-electron chi connectivity index (χ2n) is 6.16. The van der Waals surface area contributed by atoms with Gasteiger partial charge < -0.3 is 10.2 Å². The van der Waals surface area contributed by atoms with Crippen LogP contribution in [-0.4, -0.2) is 54.8 Å². The lowest BCUT2D eigenvalue weighted by Crippen LogP contribution is -2.57. The van der Waals surface area contributed by atoms with E-state index in [9.17, 15) is 13.2 Å². The predicted octanol–water partition coefficient (Wildman–Crippen LogP) is 1.14. The number of benzene rings is 1. The van der Waals surface area contributed by atoms with Crippen LogP contribution in [0.1, 0.15) is 12.0 Å². The molecule has 2 heterocycles. The average molecular weight is 360 g/mol. The van der Waals surface area contributed by atoms with Gasteiger partial charge in [0.25, 0.3) is 0 Å². The molecule has 0 bridgehead atoms. The van der Waals surface area contributed by atoms with Gasteiger partial charge in [-0.2, -0.15) is 5.10 Å². The zero-order valence-corrected chi connectivity index (χ0v) is 14.7. The van der Waals surface area contributed by atoms with Crippen LogP contribution in [-0.2, 0) is 21.1 Å². The van der Waals surface area contributed by atoms with Crippen LogP contribution in [0, 0.1) is 0 Å². The normalized spacial score (nSPS) is 14.8. The van der Waals surface area contributed by atoms with E-state index in [-0.39, 0.29) is 11.9 Å². The number of anilines is 1. The summed E-state index contributed by atoms with van der Waals surface area (Å²) in [6.45, 7) is 1.31. The number of likely N-dealkylation sites (tertiary alicyclic amines) is 1. The summed E-state index contributed by atoms with van der Waals surface area (Å²) in [5, 5.41) is 11.0. The van der Waals surface area contributed by atoms with Crippen LogP contribution >= 0.6 is 0 Å². The molecule has 1 saturated heterocycles. The van der Waals surface area contributed by atoms with Gasteiger partial charge >= 0.3 is 0 Å². The van der Waals surface area contributed by atoms with E-state index in [4.69, 9.17) is 0 Å². The van der Waals surface area contributed by atoms with Crippen molar-refractivity contribution < 1.29 is 13.2 Å². The summed E-state index contributed by atoms with van der Waals surface area (Å²) in [6.07, 6.45) is 3.81. The number of hydrogen-bond donors (Lipinski definition) is 1. The zero-order chi connectivity index (χ0) is 17.9. The minimum Gasteiger partial charge on any atom is -0.362 e. The number of nitrogens with one attached hydrogen (secondary N) is 1. The van der Waals surface area contributed by atoms with Crippen molar-refractivity contribution in [3.8, 4) is 0 Å². The molecule has 1 aromatic heterocycles. The van der Waals surface area contributed by atoms with Gasteiger partial charge in [0.2, 0.25) is 5.91 Å². The number of sulfone groups is 1. The molecule has 0 atom stereocenters. The standard InChI is InChI=1S/C17H20N4O3S/c1-25(23,24)15-7-4-13(5-8-15)6-9-17(22)21-11-14(12-21)19-16-3-2-10-18-20-16/h2-5,7-8,10,14H,6,9,11-12H2,1H3,(H,19,20). The molecule has 8 heteroatoms. The Kier molecular flexibility index (Phi) is 4.98. The summed E-state index contributed by atoms with van der Waals surface area (Å²) in [6, 6.07) is 10.5. The second-order valence-corrected chi connectivity index (χ2v) is 8.18. The van der Waals surface area contributed by atoms with Crippen LogP contribution in [0.5, 0.6) is 0 Å². The van der Waals surface area contributed by atoms with E-state index in [1.807, 2.05) is 12.1 Å². The Morgan fingerprint density at radius 3 is 2.56 bits per heavy atom. The highest BCUT2D eigenvalue weighted by Gasteiger charge is 2.30. The van der Waals surface area contributed by atoms with Gasteiger partial charge in [-0.3, -0.25) is 4.79 Å². The van der Waals surface area contributed by atoms with E-state index in [1.165, 1.54) is 6.26 Å². The monoisotopic (exact) mass is 360 g/mol. The first kappa shape index (κ1) is 17.3. The van der Waals surface area contributed by atoms with Gasteiger partial charge in [0, 0.05) is 32.0 Å². The lowest BCUT2D eigenvalue weighted by Gasteiger charge is -2.39. The first-order valence-corrected chi connectivity index (χ1v) is 9.92. The van der Waals surface area contributed by atoms with Crippen LogP contribution in [0.25, 0.3) is 0 Å². The van der Waals surface area contributed by atoms with Crippen molar-refractivity contribution in [3.63, 3.8) is 0 Å². The van der Waals surface area contributed by atoms with E-state index >= 15 is 0 Å². The Hall–Kier alpha value is -2.48. The summed E-state index contributed by atoms with van der Waals surface area (Å²) < 4.78 is 22.9. The molecule has 2 aromatic rings. The molecule has 25 heavy (non-hydrogen) atoms. The molecule has 1 aliphatic rings. The van der Waals surface area contributed by atoms with Gasteiger partial charge in [-0.05, 0) is 36.2 Å². The maximum atomic E-state index is 12.2. The molecule has 0 aliphatic carbocycles. The number of rotatable bonds is 6. The van der Waals surface area contributed by atoms with Crippen molar-refractivity contribution in [2.24, 2.45) is 0 Å². The van der Waals surface area contributed by atoms with Crippen molar-refractivity contribution in [1.29, 1.82) is 0 Å². The van der Waals surface area contributed by atoms with Crippen LogP contribution in [0.15, 0.2) is 47.5 Å². The van der Waals surface area contributed by atoms with Crippen LogP contribution in [0.3, 0.4) is 0 Å². The molecule has 0 spiro atoms. The molecule has 3 rings (SSSR count). The summed E-state index contributed by atoms with van der Waals surface area (Å²) in [7, 11) is -3.18. The summed E-state index contributed by atoms with van der Waals surface area (Å²) in [4.78, 5) is 14.3. The maximum Gasteiger partial charge on any atom is 0.223 e. The SMILES string of the molecule is CS(=O)(=O)c1ccc(CCC(=O)N2CC(Nc3cccnn3)C2)cc1. The lowest BCUT2D eigenvalue weighted by atomic mass is 10.1. The fourth-order valence-electron chi connectivity index (χ4n) is 2.67. The van der Waals surface area contributed by atoms with Gasteiger partial charge in [0.15, 0.2) is 9.84 Å². The van der Waals surface area contributed by atoms with E-state index < -0.39 is 9.84 Å². The summed E-state index contributed by atoms with van der Waals surface area (Å²) in [5.41, 5.74) is 0.954. The number of hydrogen-bond acceptors (Lipinski definition) is 6. The summed E-state index contributed by atoms with van der Waals surface area (Å²) >= 11 is 0. The molecule has 1 amide bonds. The first-order valence-electron chi connectivity index (χ1n) is 8.03. The van der Waals surface area contributed by atoms with Crippen molar-refractivity contribution >= 4 is 21.6 Å². The Bertz CT molecular complexity index is 832. The number of aryl methyl sites for hydroxylation is 1. The average Bonchev–Trinajstić information content (AvgIpc) is 2.56. The third-order valence-electron chi connectivity index (χ3n) is 4.14. The third-order valence-corrected chi connectivity index (χ3v) is 5.27. The number of carbonyl (C=O) groups is 1. The topological polar surface area (TPSA) is 92.3 Å². The maximum absolute atomic E-state index is 12.2. The highest BCUT2D eigenvalue weighted by Crippen LogP contribution is 2.16. The largest absolute Gasteiger partial charge is 0.362 e. The van der Waals surface area contributed by atoms with Crippen LogP contribution in [0.2, 0.25) is 0 Å².